The molecule has 0 amide bonds. The van der Waals surface area contributed by atoms with Crippen LogP contribution < -0.4 is 0 Å². The monoisotopic (exact) mass is 372 g/mol. The van der Waals surface area contributed by atoms with E-state index in [1.165, 1.54) is 60.5 Å². The Bertz CT molecular complexity index is 880. The summed E-state index contributed by atoms with van der Waals surface area (Å²) in [5.41, 5.74) is -1.16. The molecule has 8 heteroatoms. The lowest BCUT2D eigenvalue weighted by Gasteiger charge is -2.31. The summed E-state index contributed by atoms with van der Waals surface area (Å²) >= 11 is 0. The smallest absolute Gasteiger partial charge is 0.365 e. The van der Waals surface area contributed by atoms with Crippen LogP contribution in [0.3, 0.4) is 0 Å². The van der Waals surface area contributed by atoms with Crippen LogP contribution in [-0.2, 0) is 14.4 Å². The van der Waals surface area contributed by atoms with E-state index in [4.69, 9.17) is 5.11 Å². The third-order valence-electron chi connectivity index (χ3n) is 3.97. The van der Waals surface area contributed by atoms with E-state index in [9.17, 15) is 34.8 Å². The van der Waals surface area contributed by atoms with Crippen LogP contribution in [0.1, 0.15) is 17.0 Å². The summed E-state index contributed by atoms with van der Waals surface area (Å²) in [7, 11) is 0. The molecule has 0 saturated heterocycles. The molecule has 2 aromatic rings. The van der Waals surface area contributed by atoms with E-state index >= 15 is 0 Å². The first-order valence-corrected chi connectivity index (χ1v) is 7.67. The van der Waals surface area contributed by atoms with Gasteiger partial charge in [0.15, 0.2) is 0 Å². The largest absolute Gasteiger partial charge is 0.477 e. The van der Waals surface area contributed by atoms with Gasteiger partial charge < -0.3 is 25.5 Å². The molecular formula is C19H16O8. The van der Waals surface area contributed by atoms with Crippen LogP contribution in [0.25, 0.3) is 5.57 Å². The summed E-state index contributed by atoms with van der Waals surface area (Å²) in [6, 6.07) is 13.8. The van der Waals surface area contributed by atoms with Crippen LogP contribution in [0.15, 0.2) is 60.7 Å². The Kier molecular flexibility index (Phi) is 5.70. The maximum Gasteiger partial charge on any atom is 0.365 e. The van der Waals surface area contributed by atoms with Gasteiger partial charge in [-0.25, -0.2) is 9.59 Å². The highest BCUT2D eigenvalue weighted by atomic mass is 16.5. The molecule has 8 nitrogen and oxygen atoms in total. The van der Waals surface area contributed by atoms with Gasteiger partial charge in [-0.15, -0.1) is 0 Å². The molecular weight excluding hydrogens is 356 g/mol. The van der Waals surface area contributed by atoms with Crippen molar-refractivity contribution in [2.24, 2.45) is 0 Å². The Labute approximate surface area is 153 Å². The van der Waals surface area contributed by atoms with E-state index < -0.39 is 34.8 Å². The number of rotatable bonds is 7. The maximum absolute atomic E-state index is 12.8. The Balaban J connectivity index is 2.60. The zero-order chi connectivity index (χ0) is 20.2. The molecule has 27 heavy (non-hydrogen) atoms. The standard InChI is InChI=1S/C19H16O8/c20-11-14(12-7-3-1-4-8-12)18(24,25)16(21)15(19(26,27)17(22)23)13-9-5-2-6-10-13/h1-10,15,24-27H,(H,22,23). The average Bonchev–Trinajstić information content (AvgIpc) is 2.63. The fourth-order valence-electron chi connectivity index (χ4n) is 2.60. The lowest BCUT2D eigenvalue weighted by Crippen LogP contribution is -2.54. The van der Waals surface area contributed by atoms with Gasteiger partial charge in [0.2, 0.25) is 5.78 Å². The minimum Gasteiger partial charge on any atom is -0.477 e. The van der Waals surface area contributed by atoms with E-state index in [0.717, 1.165) is 0 Å². The zero-order valence-corrected chi connectivity index (χ0v) is 13.8. The summed E-state index contributed by atoms with van der Waals surface area (Å²) in [5.74, 6) is -12.1. The highest BCUT2D eigenvalue weighted by Gasteiger charge is 2.55. The highest BCUT2D eigenvalue weighted by molar-refractivity contribution is 6.10. The number of carbonyl (C=O) groups excluding carboxylic acids is 2. The summed E-state index contributed by atoms with van der Waals surface area (Å²) in [4.78, 5) is 35.4. The quantitative estimate of drug-likeness (QED) is 0.328. The second-order valence-corrected chi connectivity index (χ2v) is 5.75. The van der Waals surface area contributed by atoms with Crippen molar-refractivity contribution in [3.05, 3.63) is 71.8 Å². The van der Waals surface area contributed by atoms with Crippen molar-refractivity contribution < 1.29 is 39.9 Å². The number of ketones is 1. The van der Waals surface area contributed by atoms with Crippen molar-refractivity contribution in [2.45, 2.75) is 17.5 Å². The molecule has 0 aromatic heterocycles. The predicted molar refractivity (Wildman–Crippen MR) is 91.7 cm³/mol. The van der Waals surface area contributed by atoms with Crippen molar-refractivity contribution in [1.29, 1.82) is 0 Å². The SMILES string of the molecule is O=C=C(c1ccccc1)C(O)(O)C(=O)C(c1ccccc1)C(O)(O)C(=O)O. The first-order valence-electron chi connectivity index (χ1n) is 7.67. The van der Waals surface area contributed by atoms with Crippen LogP contribution >= 0.6 is 0 Å². The number of aliphatic hydroxyl groups is 4. The molecule has 0 bridgehead atoms. The lowest BCUT2D eigenvalue weighted by atomic mass is 9.80. The van der Waals surface area contributed by atoms with E-state index in [0.29, 0.717) is 0 Å². The first kappa shape index (κ1) is 20.2. The van der Waals surface area contributed by atoms with Crippen LogP contribution in [-0.4, -0.2) is 54.8 Å². The molecule has 140 valence electrons. The Hall–Kier alpha value is -3.13. The molecule has 0 spiro atoms. The van der Waals surface area contributed by atoms with Gasteiger partial charge in [0.25, 0.3) is 11.6 Å². The van der Waals surface area contributed by atoms with Gasteiger partial charge >= 0.3 is 5.97 Å². The fraction of sp³-hybridized carbons (Fsp3) is 0.158. The molecule has 2 rings (SSSR count). The second kappa shape index (κ2) is 7.63. The summed E-state index contributed by atoms with van der Waals surface area (Å²) < 4.78 is 0. The molecule has 0 radical (unpaired) electrons. The molecule has 0 saturated carbocycles. The molecule has 0 heterocycles. The zero-order valence-electron chi connectivity index (χ0n) is 13.8. The topological polar surface area (TPSA) is 152 Å². The maximum atomic E-state index is 12.8. The third-order valence-corrected chi connectivity index (χ3v) is 3.97. The van der Waals surface area contributed by atoms with Crippen molar-refractivity contribution in [1.82, 2.24) is 0 Å². The predicted octanol–water partition coefficient (Wildman–Crippen LogP) is -0.299. The van der Waals surface area contributed by atoms with Crippen LogP contribution in [0.2, 0.25) is 0 Å². The highest BCUT2D eigenvalue weighted by Crippen LogP contribution is 2.35. The van der Waals surface area contributed by atoms with Gasteiger partial charge in [0.1, 0.15) is 17.4 Å². The molecule has 0 aliphatic carbocycles. The van der Waals surface area contributed by atoms with Crippen LogP contribution in [0.5, 0.6) is 0 Å². The van der Waals surface area contributed by atoms with E-state index in [2.05, 4.69) is 0 Å². The van der Waals surface area contributed by atoms with E-state index in [1.54, 1.807) is 6.07 Å². The molecule has 1 unspecified atom stereocenters. The number of carboxylic acids is 1. The molecule has 0 aliphatic heterocycles. The minimum absolute atomic E-state index is 0.0607. The Morgan fingerprint density at radius 1 is 0.852 bits per heavy atom. The molecule has 0 aliphatic rings. The molecule has 1 atom stereocenters. The van der Waals surface area contributed by atoms with Crippen LogP contribution in [0, 0.1) is 0 Å². The lowest BCUT2D eigenvalue weighted by molar-refractivity contribution is -0.218. The van der Waals surface area contributed by atoms with E-state index in [1.807, 2.05) is 0 Å². The number of aliphatic carboxylic acids is 1. The van der Waals surface area contributed by atoms with Gasteiger partial charge in [0.05, 0.1) is 0 Å². The van der Waals surface area contributed by atoms with Crippen molar-refractivity contribution in [3.8, 4) is 0 Å². The van der Waals surface area contributed by atoms with Crippen molar-refractivity contribution in [2.75, 3.05) is 0 Å². The number of carboxylic acid groups (broad SMARTS) is 1. The third kappa shape index (κ3) is 3.85. The molecule has 5 N–H and O–H groups in total. The fourth-order valence-corrected chi connectivity index (χ4v) is 2.60. The normalized spacial score (nSPS) is 12.7. The molecule has 2 aromatic carbocycles. The van der Waals surface area contributed by atoms with E-state index in [-0.39, 0.29) is 11.1 Å². The van der Waals surface area contributed by atoms with Gasteiger partial charge in [-0.3, -0.25) is 4.79 Å². The molecule has 0 fully saturated rings. The van der Waals surface area contributed by atoms with Crippen molar-refractivity contribution >= 4 is 23.3 Å². The summed E-state index contributed by atoms with van der Waals surface area (Å²) in [6.07, 6.45) is 0. The van der Waals surface area contributed by atoms with Gasteiger partial charge in [-0.05, 0) is 11.1 Å². The average molecular weight is 372 g/mol. The van der Waals surface area contributed by atoms with Gasteiger partial charge in [-0.2, -0.15) is 0 Å². The van der Waals surface area contributed by atoms with Gasteiger partial charge in [-0.1, -0.05) is 60.7 Å². The summed E-state index contributed by atoms with van der Waals surface area (Å²) in [5, 5.41) is 49.8. The minimum atomic E-state index is -3.67. The number of Topliss-reactive ketones (excluding diaryl/α,β-unsaturated/α-hetero) is 1. The number of carbonyl (C=O) groups is 2. The van der Waals surface area contributed by atoms with Crippen LogP contribution in [0.4, 0.5) is 0 Å². The number of benzene rings is 2. The van der Waals surface area contributed by atoms with Crippen molar-refractivity contribution in [3.63, 3.8) is 0 Å². The summed E-state index contributed by atoms with van der Waals surface area (Å²) in [6.45, 7) is 0. The Morgan fingerprint density at radius 2 is 1.33 bits per heavy atom. The second-order valence-electron chi connectivity index (χ2n) is 5.75. The van der Waals surface area contributed by atoms with Gasteiger partial charge in [0, 0.05) is 0 Å². The number of hydrogen-bond acceptors (Lipinski definition) is 7. The number of hydrogen-bond donors (Lipinski definition) is 5. The first-order chi connectivity index (χ1) is 12.6. The Morgan fingerprint density at radius 3 is 1.78 bits per heavy atom.